The summed E-state index contributed by atoms with van der Waals surface area (Å²) in [6.45, 7) is 1.95. The fourth-order valence-corrected chi connectivity index (χ4v) is 1.74. The van der Waals surface area contributed by atoms with Gasteiger partial charge in [-0.05, 0) is 18.6 Å². The smallest absolute Gasteiger partial charge is 0.258 e. The van der Waals surface area contributed by atoms with Crippen LogP contribution in [0.25, 0.3) is 0 Å². The second kappa shape index (κ2) is 5.00. The molecule has 0 saturated carbocycles. The van der Waals surface area contributed by atoms with Gasteiger partial charge in [-0.2, -0.15) is 5.10 Å². The van der Waals surface area contributed by atoms with Crippen molar-refractivity contribution < 1.29 is 9.18 Å². The Kier molecular flexibility index (Phi) is 3.41. The number of carbonyl (C=O) groups excluding carboxylic acids is 1. The summed E-state index contributed by atoms with van der Waals surface area (Å²) in [7, 11) is 1.78. The van der Waals surface area contributed by atoms with Gasteiger partial charge in [0, 0.05) is 13.2 Å². The van der Waals surface area contributed by atoms with E-state index in [4.69, 9.17) is 0 Å². The van der Waals surface area contributed by atoms with Gasteiger partial charge in [-0.3, -0.25) is 9.48 Å². The lowest BCUT2D eigenvalue weighted by Gasteiger charge is -2.05. The molecule has 0 aliphatic rings. The summed E-state index contributed by atoms with van der Waals surface area (Å²) in [6.07, 6.45) is 2.41. The molecule has 2 rings (SSSR count). The first kappa shape index (κ1) is 12.3. The molecule has 5 heteroatoms. The molecule has 0 unspecified atom stereocenters. The first-order valence-corrected chi connectivity index (χ1v) is 5.70. The van der Waals surface area contributed by atoms with Crippen molar-refractivity contribution in [2.75, 3.05) is 5.32 Å². The fraction of sp³-hybridized carbons (Fsp3) is 0.231. The third kappa shape index (κ3) is 2.40. The van der Waals surface area contributed by atoms with Gasteiger partial charge in [0.15, 0.2) is 0 Å². The van der Waals surface area contributed by atoms with Gasteiger partial charge in [0.25, 0.3) is 5.91 Å². The number of aromatic nitrogens is 2. The van der Waals surface area contributed by atoms with Crippen molar-refractivity contribution in [3.05, 3.63) is 47.5 Å². The molecule has 94 valence electrons. The predicted molar refractivity (Wildman–Crippen MR) is 66.9 cm³/mol. The Morgan fingerprint density at radius 2 is 2.17 bits per heavy atom. The quantitative estimate of drug-likeness (QED) is 0.905. The maximum Gasteiger partial charge on any atom is 0.258 e. The molecule has 0 radical (unpaired) electrons. The monoisotopic (exact) mass is 247 g/mol. The van der Waals surface area contributed by atoms with E-state index in [0.29, 0.717) is 12.1 Å². The Hall–Kier alpha value is -2.17. The van der Waals surface area contributed by atoms with Gasteiger partial charge in [-0.15, -0.1) is 0 Å². The number of halogens is 1. The van der Waals surface area contributed by atoms with Gasteiger partial charge in [-0.1, -0.05) is 19.1 Å². The third-order valence-corrected chi connectivity index (χ3v) is 2.61. The number of hydrogen-bond donors (Lipinski definition) is 1. The zero-order valence-corrected chi connectivity index (χ0v) is 10.3. The molecule has 1 N–H and O–H groups in total. The van der Waals surface area contributed by atoms with Crippen molar-refractivity contribution in [2.24, 2.45) is 7.05 Å². The van der Waals surface area contributed by atoms with E-state index in [1.165, 1.54) is 12.1 Å². The number of benzene rings is 1. The average Bonchev–Trinajstić information content (AvgIpc) is 2.70. The van der Waals surface area contributed by atoms with E-state index in [9.17, 15) is 9.18 Å². The van der Waals surface area contributed by atoms with E-state index in [0.717, 1.165) is 5.69 Å². The molecule has 0 aliphatic heterocycles. The van der Waals surface area contributed by atoms with Gasteiger partial charge in [-0.25, -0.2) is 4.39 Å². The van der Waals surface area contributed by atoms with Crippen molar-refractivity contribution in [3.8, 4) is 0 Å². The number of rotatable bonds is 3. The van der Waals surface area contributed by atoms with Crippen LogP contribution in [0.1, 0.15) is 23.0 Å². The average molecular weight is 247 g/mol. The molecule has 1 amide bonds. The van der Waals surface area contributed by atoms with Crippen molar-refractivity contribution in [1.82, 2.24) is 9.78 Å². The van der Waals surface area contributed by atoms with Gasteiger partial charge < -0.3 is 5.32 Å². The van der Waals surface area contributed by atoms with E-state index >= 15 is 0 Å². The number of nitrogens with one attached hydrogen (secondary N) is 1. The molecule has 1 aromatic carbocycles. The lowest BCUT2D eigenvalue weighted by Crippen LogP contribution is -2.14. The lowest BCUT2D eigenvalue weighted by molar-refractivity contribution is 0.102. The van der Waals surface area contributed by atoms with E-state index in [2.05, 4.69) is 10.4 Å². The fourth-order valence-electron chi connectivity index (χ4n) is 1.74. The maximum atomic E-state index is 13.4. The zero-order chi connectivity index (χ0) is 13.1. The summed E-state index contributed by atoms with van der Waals surface area (Å²) in [5.41, 5.74) is 1.43. The van der Waals surface area contributed by atoms with E-state index in [-0.39, 0.29) is 5.56 Å². The molecule has 1 aromatic heterocycles. The summed E-state index contributed by atoms with van der Waals surface area (Å²) in [5.74, 6) is -0.993. The van der Waals surface area contributed by atoms with Gasteiger partial charge in [0.05, 0.1) is 16.9 Å². The highest BCUT2D eigenvalue weighted by Gasteiger charge is 2.14. The van der Waals surface area contributed by atoms with Gasteiger partial charge in [0.2, 0.25) is 0 Å². The van der Waals surface area contributed by atoms with Crippen molar-refractivity contribution in [3.63, 3.8) is 0 Å². The van der Waals surface area contributed by atoms with E-state index in [1.807, 2.05) is 6.92 Å². The largest absolute Gasteiger partial charge is 0.319 e. The van der Waals surface area contributed by atoms with Gasteiger partial charge in [0.1, 0.15) is 5.82 Å². The molecule has 1 heterocycles. The highest BCUT2D eigenvalue weighted by atomic mass is 19.1. The second-order valence-corrected chi connectivity index (χ2v) is 3.95. The first-order chi connectivity index (χ1) is 8.61. The Morgan fingerprint density at radius 3 is 2.83 bits per heavy atom. The van der Waals surface area contributed by atoms with Crippen LogP contribution in [0.2, 0.25) is 0 Å². The van der Waals surface area contributed by atoms with Crippen LogP contribution in [0, 0.1) is 5.82 Å². The van der Waals surface area contributed by atoms with Crippen LogP contribution in [0.5, 0.6) is 0 Å². The van der Waals surface area contributed by atoms with Crippen molar-refractivity contribution in [2.45, 2.75) is 13.3 Å². The molecular formula is C13H14FN3O. The van der Waals surface area contributed by atoms with Crippen LogP contribution in [0.4, 0.5) is 10.1 Å². The van der Waals surface area contributed by atoms with Crippen LogP contribution in [0.15, 0.2) is 30.5 Å². The molecule has 0 atom stereocenters. The topological polar surface area (TPSA) is 46.9 Å². The summed E-state index contributed by atoms with van der Waals surface area (Å²) in [6, 6.07) is 5.89. The molecule has 18 heavy (non-hydrogen) atoms. The Morgan fingerprint density at radius 1 is 1.44 bits per heavy atom. The number of aryl methyl sites for hydroxylation is 2. The normalized spacial score (nSPS) is 10.4. The highest BCUT2D eigenvalue weighted by Crippen LogP contribution is 2.16. The van der Waals surface area contributed by atoms with Crippen molar-refractivity contribution >= 4 is 11.6 Å². The molecule has 0 fully saturated rings. The molecular weight excluding hydrogens is 233 g/mol. The molecule has 0 aliphatic carbocycles. The van der Waals surface area contributed by atoms with Crippen LogP contribution in [-0.4, -0.2) is 15.7 Å². The van der Waals surface area contributed by atoms with Crippen LogP contribution in [0.3, 0.4) is 0 Å². The second-order valence-electron chi connectivity index (χ2n) is 3.95. The Labute approximate surface area is 104 Å². The number of carbonyl (C=O) groups is 1. The highest BCUT2D eigenvalue weighted by molar-refractivity contribution is 6.04. The minimum Gasteiger partial charge on any atom is -0.319 e. The minimum atomic E-state index is -0.531. The number of amides is 1. The molecule has 0 bridgehead atoms. The minimum absolute atomic E-state index is 0.0309. The predicted octanol–water partition coefficient (Wildman–Crippen LogP) is 2.37. The molecule has 4 nitrogen and oxygen atoms in total. The lowest BCUT2D eigenvalue weighted by atomic mass is 10.2. The first-order valence-electron chi connectivity index (χ1n) is 5.70. The Balaban J connectivity index is 2.24. The van der Waals surface area contributed by atoms with Gasteiger partial charge >= 0.3 is 0 Å². The third-order valence-electron chi connectivity index (χ3n) is 2.61. The van der Waals surface area contributed by atoms with Crippen molar-refractivity contribution in [1.29, 1.82) is 0 Å². The molecule has 0 spiro atoms. The number of anilines is 1. The SMILES string of the molecule is CCc1nn(C)cc1NC(=O)c1ccccc1F. The summed E-state index contributed by atoms with van der Waals surface area (Å²) >= 11 is 0. The van der Waals surface area contributed by atoms with Crippen LogP contribution in [-0.2, 0) is 13.5 Å². The van der Waals surface area contributed by atoms with Crippen LogP contribution < -0.4 is 5.32 Å². The number of nitrogens with zero attached hydrogens (tertiary/aromatic N) is 2. The maximum absolute atomic E-state index is 13.4. The molecule has 2 aromatic rings. The summed E-state index contributed by atoms with van der Waals surface area (Å²) in [5, 5.41) is 6.88. The summed E-state index contributed by atoms with van der Waals surface area (Å²) < 4.78 is 15.1. The summed E-state index contributed by atoms with van der Waals surface area (Å²) in [4.78, 5) is 11.9. The van der Waals surface area contributed by atoms with Crippen LogP contribution >= 0.6 is 0 Å². The standard InChI is InChI=1S/C13H14FN3O/c1-3-11-12(8-17(2)16-11)15-13(18)9-6-4-5-7-10(9)14/h4-8H,3H2,1-2H3,(H,15,18). The Bertz CT molecular complexity index is 577. The number of hydrogen-bond acceptors (Lipinski definition) is 2. The molecule has 0 saturated heterocycles. The van der Waals surface area contributed by atoms with E-state index in [1.54, 1.807) is 30.1 Å². The van der Waals surface area contributed by atoms with E-state index < -0.39 is 11.7 Å². The zero-order valence-electron chi connectivity index (χ0n) is 10.3.